The molecule has 0 atom stereocenters. The monoisotopic (exact) mass is 710 g/mol. The molecular weight excluding hydrogens is 673 g/mol. The number of nitrogens with one attached hydrogen (secondary N) is 4. The molecule has 0 saturated carbocycles. The van der Waals surface area contributed by atoms with Crippen LogP contribution in [-0.4, -0.2) is 57.6 Å². The number of nitrogens with two attached hydrogens (primary N) is 2. The lowest BCUT2D eigenvalue weighted by molar-refractivity contribution is -0.192. The van der Waals surface area contributed by atoms with Crippen LogP contribution >= 0.6 is 0 Å². The van der Waals surface area contributed by atoms with Crippen molar-refractivity contribution in [3.05, 3.63) is 106 Å². The molecule has 0 fully saturated rings. The number of anilines is 2. The number of amidine groups is 1. The summed E-state index contributed by atoms with van der Waals surface area (Å²) in [5.74, 6) is -2.81. The molecule has 0 saturated heterocycles. The van der Waals surface area contributed by atoms with Gasteiger partial charge in [0.25, 0.3) is 11.5 Å². The molecule has 3 aromatic carbocycles. The number of nitrogen functional groups attached to an aromatic ring is 2. The third-order valence-corrected chi connectivity index (χ3v) is 6.88. The maximum atomic E-state index is 13.5. The van der Waals surface area contributed by atoms with E-state index in [1.807, 2.05) is 38.1 Å². The highest BCUT2D eigenvalue weighted by Gasteiger charge is 2.38. The third-order valence-electron chi connectivity index (χ3n) is 6.88. The Morgan fingerprint density at radius 1 is 0.980 bits per heavy atom. The predicted molar refractivity (Wildman–Crippen MR) is 184 cm³/mol. The number of halogens is 3. The molecule has 1 aromatic heterocycles. The van der Waals surface area contributed by atoms with E-state index in [9.17, 15) is 27.6 Å². The molecule has 0 aliphatic rings. The fourth-order valence-corrected chi connectivity index (χ4v) is 4.45. The van der Waals surface area contributed by atoms with Gasteiger partial charge < -0.3 is 37.3 Å². The number of methoxy groups -OCH3 is 1. The van der Waals surface area contributed by atoms with Gasteiger partial charge >= 0.3 is 12.1 Å². The maximum absolute atomic E-state index is 13.5. The van der Waals surface area contributed by atoms with Crippen LogP contribution in [0, 0.1) is 5.41 Å². The van der Waals surface area contributed by atoms with Crippen molar-refractivity contribution in [3.63, 3.8) is 0 Å². The lowest BCUT2D eigenvalue weighted by Crippen LogP contribution is -2.35. The Labute approximate surface area is 290 Å². The van der Waals surface area contributed by atoms with Gasteiger partial charge in [0.1, 0.15) is 18.1 Å². The van der Waals surface area contributed by atoms with Gasteiger partial charge in [-0.1, -0.05) is 36.4 Å². The highest BCUT2D eigenvalue weighted by molar-refractivity contribution is 5.96. The zero-order valence-electron chi connectivity index (χ0n) is 27.8. The number of benzene rings is 3. The second-order valence-electron chi connectivity index (χ2n) is 11.3. The molecule has 14 nitrogen and oxygen atoms in total. The van der Waals surface area contributed by atoms with E-state index < -0.39 is 23.6 Å². The van der Waals surface area contributed by atoms with Gasteiger partial charge in [-0.15, -0.1) is 0 Å². The molecule has 270 valence electrons. The Morgan fingerprint density at radius 2 is 1.63 bits per heavy atom. The van der Waals surface area contributed by atoms with Crippen molar-refractivity contribution in [1.29, 1.82) is 5.41 Å². The van der Waals surface area contributed by atoms with Gasteiger partial charge in [0.05, 0.1) is 19.0 Å². The Morgan fingerprint density at radius 3 is 2.22 bits per heavy atom. The summed E-state index contributed by atoms with van der Waals surface area (Å²) < 4.78 is 38.3. The summed E-state index contributed by atoms with van der Waals surface area (Å²) in [7, 11) is 1.57. The van der Waals surface area contributed by atoms with E-state index in [2.05, 4.69) is 20.9 Å². The lowest BCUT2D eigenvalue weighted by atomic mass is 10.1. The molecule has 1 heterocycles. The van der Waals surface area contributed by atoms with Crippen LogP contribution in [0.4, 0.5) is 24.7 Å². The summed E-state index contributed by atoms with van der Waals surface area (Å²) in [5.41, 5.74) is 14.8. The highest BCUT2D eigenvalue weighted by Crippen LogP contribution is 2.24. The number of ether oxygens (including phenoxy) is 1. The van der Waals surface area contributed by atoms with Gasteiger partial charge in [-0.05, 0) is 55.3 Å². The first-order chi connectivity index (χ1) is 24.0. The number of carbonyl (C=O) groups excluding carboxylic acids is 2. The van der Waals surface area contributed by atoms with Gasteiger partial charge in [-0.25, -0.2) is 9.78 Å². The van der Waals surface area contributed by atoms with Gasteiger partial charge in [0.15, 0.2) is 5.82 Å². The number of carboxylic acid groups (broad SMARTS) is 1. The van der Waals surface area contributed by atoms with E-state index in [-0.39, 0.29) is 48.8 Å². The Hall–Kier alpha value is -6.39. The molecule has 2 amide bonds. The van der Waals surface area contributed by atoms with Crippen molar-refractivity contribution in [2.24, 2.45) is 5.73 Å². The first-order valence-corrected chi connectivity index (χ1v) is 15.2. The molecule has 17 heteroatoms. The predicted octanol–water partition coefficient (Wildman–Crippen LogP) is 3.49. The summed E-state index contributed by atoms with van der Waals surface area (Å²) in [6.07, 6.45) is -3.60. The molecule has 9 N–H and O–H groups in total. The van der Waals surface area contributed by atoms with E-state index in [1.165, 1.54) is 10.8 Å². The zero-order valence-corrected chi connectivity index (χ0v) is 27.8. The third kappa shape index (κ3) is 11.6. The molecule has 51 heavy (non-hydrogen) atoms. The summed E-state index contributed by atoms with van der Waals surface area (Å²) in [5, 5.41) is 23.4. The van der Waals surface area contributed by atoms with E-state index in [0.29, 0.717) is 28.3 Å². The number of aromatic nitrogens is 2. The molecule has 4 aromatic rings. The summed E-state index contributed by atoms with van der Waals surface area (Å²) in [6, 6.07) is 19.0. The molecular formula is C34H37F3N8O6. The summed E-state index contributed by atoms with van der Waals surface area (Å²) >= 11 is 0. The van der Waals surface area contributed by atoms with E-state index in [0.717, 1.165) is 11.1 Å². The minimum Gasteiger partial charge on any atom is -0.497 e. The van der Waals surface area contributed by atoms with Crippen LogP contribution in [0.25, 0.3) is 11.3 Å². The highest BCUT2D eigenvalue weighted by atomic mass is 19.4. The average Bonchev–Trinajstić information content (AvgIpc) is 3.07. The standard InChI is InChI=1S/C32H36N8O4.C2HF3O2/c1-19(2)39-30-32(43)40(18-28(41)36-15-20-7-9-22(10-8-20)29(34)35)27(17-37-30)23-12-24(14-25(33)13-23)31(42)38-16-21-5-4-6-26(11-21)44-3;3-2(4,5)1(6)7/h4-14,17,19H,15-16,18,33H2,1-3H3,(H3,34,35)(H,36,41)(H,37,39)(H,38,42);(H,6,7). The molecule has 0 radical (unpaired) electrons. The number of hydrogen-bond acceptors (Lipinski definition) is 9. The number of carboxylic acids is 1. The van der Waals surface area contributed by atoms with Crippen molar-refractivity contribution in [1.82, 2.24) is 20.2 Å². The number of alkyl halides is 3. The van der Waals surface area contributed by atoms with Gasteiger partial charge in [0.2, 0.25) is 5.91 Å². The van der Waals surface area contributed by atoms with E-state index >= 15 is 0 Å². The largest absolute Gasteiger partial charge is 0.497 e. The van der Waals surface area contributed by atoms with Gasteiger partial charge in [-0.3, -0.25) is 24.4 Å². The number of nitrogens with zero attached hydrogens (tertiary/aromatic N) is 2. The van der Waals surface area contributed by atoms with Crippen LogP contribution in [-0.2, 0) is 29.2 Å². The molecule has 0 bridgehead atoms. The number of hydrogen-bond donors (Lipinski definition) is 7. The van der Waals surface area contributed by atoms with Crippen LogP contribution in [0.15, 0.2) is 77.7 Å². The van der Waals surface area contributed by atoms with E-state index in [1.54, 1.807) is 49.6 Å². The van der Waals surface area contributed by atoms with Gasteiger partial charge in [0, 0.05) is 41.5 Å². The van der Waals surface area contributed by atoms with Crippen LogP contribution in [0.3, 0.4) is 0 Å². The van der Waals surface area contributed by atoms with Crippen LogP contribution in [0.1, 0.15) is 40.9 Å². The SMILES string of the molecule is COc1cccc(CNC(=O)c2cc(N)cc(-c3cnc(NC(C)C)c(=O)n3CC(=O)NCc3ccc(C(=N)N)cc3)c2)c1.O=C(O)C(F)(F)F. The fraction of sp³-hybridized carbons (Fsp3) is 0.235. The minimum absolute atomic E-state index is 0.0463. The summed E-state index contributed by atoms with van der Waals surface area (Å²) in [4.78, 5) is 52.9. The van der Waals surface area contributed by atoms with Crippen molar-refractivity contribution in [2.45, 2.75) is 45.7 Å². The van der Waals surface area contributed by atoms with Crippen molar-refractivity contribution in [3.8, 4) is 17.0 Å². The first kappa shape index (κ1) is 39.1. The molecule has 0 spiro atoms. The van der Waals surface area contributed by atoms with Crippen LogP contribution < -0.4 is 37.7 Å². The van der Waals surface area contributed by atoms with Gasteiger partial charge in [-0.2, -0.15) is 13.2 Å². The quantitative estimate of drug-likeness (QED) is 0.0643. The maximum Gasteiger partial charge on any atom is 0.490 e. The summed E-state index contributed by atoms with van der Waals surface area (Å²) in [6.45, 7) is 3.91. The Bertz CT molecular complexity index is 1950. The number of aliphatic carboxylic acids is 1. The zero-order chi connectivity index (χ0) is 37.9. The lowest BCUT2D eigenvalue weighted by Gasteiger charge is -2.17. The smallest absolute Gasteiger partial charge is 0.490 e. The van der Waals surface area contributed by atoms with Crippen molar-refractivity contribution in [2.75, 3.05) is 18.2 Å². The average molecular weight is 711 g/mol. The molecule has 0 aliphatic heterocycles. The number of rotatable bonds is 12. The van der Waals surface area contributed by atoms with Crippen LogP contribution in [0.2, 0.25) is 0 Å². The molecule has 0 aliphatic carbocycles. The number of amides is 2. The number of carbonyl (C=O) groups is 3. The topological polar surface area (TPSA) is 228 Å². The second kappa shape index (κ2) is 17.3. The molecule has 4 rings (SSSR count). The van der Waals surface area contributed by atoms with Crippen molar-refractivity contribution < 1.29 is 37.4 Å². The second-order valence-corrected chi connectivity index (χ2v) is 11.3. The van der Waals surface area contributed by atoms with E-state index in [4.69, 9.17) is 31.5 Å². The Balaban J connectivity index is 0.000000908. The fourth-order valence-electron chi connectivity index (χ4n) is 4.45. The minimum atomic E-state index is -5.08. The molecule has 0 unspecified atom stereocenters. The first-order valence-electron chi connectivity index (χ1n) is 15.2. The Kier molecular flexibility index (Phi) is 13.3. The normalized spacial score (nSPS) is 10.8. The van der Waals surface area contributed by atoms with Crippen LogP contribution in [0.5, 0.6) is 5.75 Å². The van der Waals surface area contributed by atoms with Crippen molar-refractivity contribution >= 4 is 35.1 Å².